The van der Waals surface area contributed by atoms with Crippen LogP contribution in [-0.4, -0.2) is 22.2 Å². The second-order valence-electron chi connectivity index (χ2n) is 5.39. The van der Waals surface area contributed by atoms with Gasteiger partial charge in [-0.15, -0.1) is 0 Å². The molecule has 20 heavy (non-hydrogen) atoms. The maximum atomic E-state index is 11.9. The number of allylic oxidation sites excluding steroid dienone is 2. The first-order valence-corrected chi connectivity index (χ1v) is 6.17. The molecule has 2 rings (SSSR count). The molecule has 5 nitrogen and oxygen atoms in total. The number of carbonyl (C=O) groups is 2. The van der Waals surface area contributed by atoms with Crippen LogP contribution in [0.25, 0.3) is 0 Å². The molecule has 0 saturated heterocycles. The van der Waals surface area contributed by atoms with Gasteiger partial charge in [-0.1, -0.05) is 32.1 Å². The van der Waals surface area contributed by atoms with Gasteiger partial charge in [0, 0.05) is 11.0 Å². The van der Waals surface area contributed by atoms with Gasteiger partial charge in [0.05, 0.1) is 0 Å². The highest BCUT2D eigenvalue weighted by Crippen LogP contribution is 2.50. The van der Waals surface area contributed by atoms with Crippen molar-refractivity contribution in [3.8, 4) is 0 Å². The summed E-state index contributed by atoms with van der Waals surface area (Å²) in [6.45, 7) is 4.91. The third-order valence-electron chi connectivity index (χ3n) is 3.97. The molecule has 1 atom stereocenters. The van der Waals surface area contributed by atoms with E-state index in [1.807, 2.05) is 0 Å². The van der Waals surface area contributed by atoms with Gasteiger partial charge in [0.1, 0.15) is 11.5 Å². The lowest BCUT2D eigenvalue weighted by Gasteiger charge is -2.42. The van der Waals surface area contributed by atoms with Crippen LogP contribution in [0.4, 0.5) is 0 Å². The molecule has 5 heteroatoms. The molecule has 106 valence electrons. The van der Waals surface area contributed by atoms with Crippen LogP contribution >= 0.6 is 0 Å². The Balaban J connectivity index is 2.72. The minimum Gasteiger partial charge on any atom is -0.480 e. The lowest BCUT2D eigenvalue weighted by molar-refractivity contribution is -0.147. The van der Waals surface area contributed by atoms with Crippen molar-refractivity contribution < 1.29 is 24.2 Å². The van der Waals surface area contributed by atoms with Gasteiger partial charge >= 0.3 is 11.9 Å². The molecule has 1 aromatic heterocycles. The SMILES string of the molecule is Cc1ccc(C2(C(=O)O)C=CC=C(C(=O)O)C2(C)C)o1. The number of carboxylic acid groups (broad SMARTS) is 2. The smallest absolute Gasteiger partial charge is 0.332 e. The van der Waals surface area contributed by atoms with E-state index in [0.29, 0.717) is 5.76 Å². The van der Waals surface area contributed by atoms with Crippen LogP contribution in [0.2, 0.25) is 0 Å². The average Bonchev–Trinajstić information content (AvgIpc) is 2.74. The number of rotatable bonds is 3. The molecule has 0 radical (unpaired) electrons. The highest BCUT2D eigenvalue weighted by atomic mass is 16.4. The molecule has 0 aliphatic heterocycles. The van der Waals surface area contributed by atoms with E-state index in [1.165, 1.54) is 18.2 Å². The Morgan fingerprint density at radius 1 is 1.20 bits per heavy atom. The van der Waals surface area contributed by atoms with E-state index in [-0.39, 0.29) is 11.3 Å². The van der Waals surface area contributed by atoms with Gasteiger partial charge in [-0.2, -0.15) is 0 Å². The topological polar surface area (TPSA) is 87.7 Å². The predicted molar refractivity (Wildman–Crippen MR) is 71.4 cm³/mol. The third-order valence-corrected chi connectivity index (χ3v) is 3.97. The van der Waals surface area contributed by atoms with E-state index >= 15 is 0 Å². The Bertz CT molecular complexity index is 632. The summed E-state index contributed by atoms with van der Waals surface area (Å²) in [6.07, 6.45) is 4.38. The fraction of sp³-hybridized carbons (Fsp3) is 0.333. The Morgan fingerprint density at radius 3 is 2.30 bits per heavy atom. The van der Waals surface area contributed by atoms with E-state index < -0.39 is 22.8 Å². The number of aryl methyl sites for hydroxylation is 1. The third kappa shape index (κ3) is 1.70. The fourth-order valence-electron chi connectivity index (χ4n) is 2.74. The van der Waals surface area contributed by atoms with Crippen LogP contribution in [0.1, 0.15) is 25.4 Å². The molecule has 2 N–H and O–H groups in total. The molecule has 0 aromatic carbocycles. The number of hydrogen-bond donors (Lipinski definition) is 2. The number of hydrogen-bond acceptors (Lipinski definition) is 3. The summed E-state index contributed by atoms with van der Waals surface area (Å²) < 4.78 is 5.50. The van der Waals surface area contributed by atoms with Gasteiger partial charge in [-0.3, -0.25) is 4.79 Å². The molecule has 1 unspecified atom stereocenters. The second-order valence-corrected chi connectivity index (χ2v) is 5.39. The predicted octanol–water partition coefficient (Wildman–Crippen LogP) is 2.52. The first kappa shape index (κ1) is 14.1. The Kier molecular flexibility index (Phi) is 3.08. The zero-order chi connectivity index (χ0) is 15.1. The van der Waals surface area contributed by atoms with Crippen molar-refractivity contribution in [3.05, 3.63) is 47.5 Å². The van der Waals surface area contributed by atoms with Crippen molar-refractivity contribution in [2.45, 2.75) is 26.2 Å². The molecule has 0 fully saturated rings. The summed E-state index contributed by atoms with van der Waals surface area (Å²) in [4.78, 5) is 23.3. The highest BCUT2D eigenvalue weighted by molar-refractivity contribution is 5.94. The van der Waals surface area contributed by atoms with Crippen molar-refractivity contribution in [3.63, 3.8) is 0 Å². The van der Waals surface area contributed by atoms with Crippen molar-refractivity contribution in [2.75, 3.05) is 0 Å². The molecular formula is C15H16O5. The van der Waals surface area contributed by atoms with Gasteiger partial charge in [0.15, 0.2) is 5.41 Å². The Hall–Kier alpha value is -2.30. The molecule has 1 aliphatic rings. The van der Waals surface area contributed by atoms with Gasteiger partial charge in [0.2, 0.25) is 0 Å². The lowest BCUT2D eigenvalue weighted by atomic mass is 9.58. The number of aliphatic carboxylic acids is 2. The molecule has 1 heterocycles. The first-order chi connectivity index (χ1) is 9.23. The summed E-state index contributed by atoms with van der Waals surface area (Å²) in [6, 6.07) is 3.25. The monoisotopic (exact) mass is 276 g/mol. The molecule has 1 aromatic rings. The van der Waals surface area contributed by atoms with Crippen LogP contribution in [0.3, 0.4) is 0 Å². The summed E-state index contributed by atoms with van der Waals surface area (Å²) in [5, 5.41) is 19.1. The minimum absolute atomic E-state index is 0.0384. The van der Waals surface area contributed by atoms with Crippen LogP contribution < -0.4 is 0 Å². The van der Waals surface area contributed by atoms with E-state index in [9.17, 15) is 19.8 Å². The minimum atomic E-state index is -1.54. The summed E-state index contributed by atoms with van der Waals surface area (Å²) in [5.41, 5.74) is -2.65. The molecule has 0 spiro atoms. The van der Waals surface area contributed by atoms with E-state index in [1.54, 1.807) is 32.9 Å². The second kappa shape index (κ2) is 4.37. The normalized spacial score (nSPS) is 24.2. The van der Waals surface area contributed by atoms with Crippen molar-refractivity contribution in [2.24, 2.45) is 5.41 Å². The molecule has 0 amide bonds. The standard InChI is InChI=1S/C15H16O5/c1-9-6-7-11(20-9)15(13(18)19)8-4-5-10(12(16)17)14(15,2)3/h4-8H,1-3H3,(H,16,17)(H,18,19). The summed E-state index contributed by atoms with van der Waals surface area (Å²) in [5.74, 6) is -1.46. The fourth-order valence-corrected chi connectivity index (χ4v) is 2.74. The van der Waals surface area contributed by atoms with E-state index in [4.69, 9.17) is 4.42 Å². The summed E-state index contributed by atoms with van der Waals surface area (Å²) in [7, 11) is 0. The van der Waals surface area contributed by atoms with Crippen LogP contribution in [-0.2, 0) is 15.0 Å². The summed E-state index contributed by atoms with van der Waals surface area (Å²) >= 11 is 0. The van der Waals surface area contributed by atoms with Crippen LogP contribution in [0.15, 0.2) is 40.4 Å². The largest absolute Gasteiger partial charge is 0.480 e. The Morgan fingerprint density at radius 2 is 1.85 bits per heavy atom. The van der Waals surface area contributed by atoms with Gasteiger partial charge in [-0.25, -0.2) is 4.79 Å². The first-order valence-electron chi connectivity index (χ1n) is 6.17. The van der Waals surface area contributed by atoms with Crippen molar-refractivity contribution in [1.82, 2.24) is 0 Å². The average molecular weight is 276 g/mol. The Labute approximate surface area is 116 Å². The molecule has 1 aliphatic carbocycles. The highest BCUT2D eigenvalue weighted by Gasteiger charge is 2.57. The van der Waals surface area contributed by atoms with Gasteiger partial charge in [-0.05, 0) is 19.1 Å². The zero-order valence-electron chi connectivity index (χ0n) is 11.5. The number of furan rings is 1. The lowest BCUT2D eigenvalue weighted by Crippen LogP contribution is -2.50. The molecular weight excluding hydrogens is 260 g/mol. The van der Waals surface area contributed by atoms with E-state index in [0.717, 1.165) is 0 Å². The van der Waals surface area contributed by atoms with E-state index in [2.05, 4.69) is 0 Å². The zero-order valence-corrected chi connectivity index (χ0v) is 11.5. The van der Waals surface area contributed by atoms with Crippen molar-refractivity contribution in [1.29, 1.82) is 0 Å². The quantitative estimate of drug-likeness (QED) is 0.885. The number of carboxylic acids is 2. The maximum absolute atomic E-state index is 11.9. The van der Waals surface area contributed by atoms with Crippen LogP contribution in [0, 0.1) is 12.3 Å². The maximum Gasteiger partial charge on any atom is 0.332 e. The molecule has 0 saturated carbocycles. The van der Waals surface area contributed by atoms with Crippen LogP contribution in [0.5, 0.6) is 0 Å². The van der Waals surface area contributed by atoms with Crippen molar-refractivity contribution >= 4 is 11.9 Å². The van der Waals surface area contributed by atoms with Gasteiger partial charge < -0.3 is 14.6 Å². The molecule has 0 bridgehead atoms. The van der Waals surface area contributed by atoms with Gasteiger partial charge in [0.25, 0.3) is 0 Å².